The van der Waals surface area contributed by atoms with Gasteiger partial charge in [-0.1, -0.05) is 47.6 Å². The van der Waals surface area contributed by atoms with Gasteiger partial charge < -0.3 is 0 Å². The van der Waals surface area contributed by atoms with Crippen LogP contribution in [0.15, 0.2) is 42.5 Å². The zero-order chi connectivity index (χ0) is 24.7. The molecule has 0 aliphatic heterocycles. The van der Waals surface area contributed by atoms with Crippen LogP contribution in [0.25, 0.3) is 0 Å². The van der Waals surface area contributed by atoms with E-state index in [1.54, 1.807) is 0 Å². The second-order valence-electron chi connectivity index (χ2n) is 10.8. The molecule has 0 amide bonds. The number of aromatic nitrogens is 3. The van der Waals surface area contributed by atoms with Crippen LogP contribution in [0.4, 0.5) is 0 Å². The maximum absolute atomic E-state index is 4.78. The van der Waals surface area contributed by atoms with Gasteiger partial charge in [0.05, 0.1) is 0 Å². The zero-order valence-corrected chi connectivity index (χ0v) is 22.4. The molecule has 3 rings (SSSR count). The maximum atomic E-state index is 4.78. The third kappa shape index (κ3) is 10.2. The van der Waals surface area contributed by atoms with Gasteiger partial charge in [0.2, 0.25) is 0 Å². The summed E-state index contributed by atoms with van der Waals surface area (Å²) in [5.74, 6) is 0. The van der Waals surface area contributed by atoms with Gasteiger partial charge in [-0.25, -0.2) is 0 Å². The summed E-state index contributed by atoms with van der Waals surface area (Å²) in [5, 5.41) is 0. The normalized spacial score (nSPS) is 11.1. The lowest BCUT2D eigenvalue weighted by Gasteiger charge is -2.24. The van der Waals surface area contributed by atoms with Crippen LogP contribution < -0.4 is 0 Å². The average molecular weight is 434 g/mol. The molecule has 0 atom stereocenters. The first-order chi connectivity index (χ1) is 14.6. The van der Waals surface area contributed by atoms with Gasteiger partial charge in [-0.05, 0) is 89.1 Å². The van der Waals surface area contributed by atoms with Crippen molar-refractivity contribution < 1.29 is 0 Å². The van der Waals surface area contributed by atoms with Gasteiger partial charge in [0.25, 0.3) is 0 Å². The molecule has 0 unspecified atom stereocenters. The maximum Gasteiger partial charge on any atom is 0.0463 e. The van der Waals surface area contributed by atoms with Gasteiger partial charge in [0, 0.05) is 45.0 Å². The molecule has 32 heavy (non-hydrogen) atoms. The van der Waals surface area contributed by atoms with Crippen molar-refractivity contribution in [1.29, 1.82) is 0 Å². The monoisotopic (exact) mass is 433 g/mol. The Morgan fingerprint density at radius 3 is 1.09 bits per heavy atom. The van der Waals surface area contributed by atoms with E-state index in [1.165, 1.54) is 22.5 Å². The van der Waals surface area contributed by atoms with Crippen LogP contribution in [0, 0.1) is 41.5 Å². The lowest BCUT2D eigenvalue weighted by atomic mass is 9.87. The number of pyridine rings is 3. The quantitative estimate of drug-likeness (QED) is 0.365. The van der Waals surface area contributed by atoms with Crippen molar-refractivity contribution in [3.8, 4) is 0 Å². The minimum atomic E-state index is 0.131. The topological polar surface area (TPSA) is 38.7 Å². The molecular weight excluding hydrogens is 390 g/mol. The van der Waals surface area contributed by atoms with Crippen LogP contribution in [-0.2, 0) is 10.8 Å². The summed E-state index contributed by atoms with van der Waals surface area (Å²) in [6.45, 7) is 25.5. The lowest BCUT2D eigenvalue weighted by molar-refractivity contribution is 0.530. The standard InChI is InChI=1S/C14H23N.C8H11N.C7H9N/c1-10-8-11(13(2,3)4)15-12(9-10)14(5,6)7;1-6-4-7(2)9-8(3)5-6;1-6-4-3-5-7(2)8-6/h8-9H,1-7H3;4-5H,1-3H3;3-5H,1-2H3. The molecule has 0 aliphatic carbocycles. The summed E-state index contributed by atoms with van der Waals surface area (Å²) in [6.07, 6.45) is 0. The Kier molecular flexibility index (Phi) is 9.75. The van der Waals surface area contributed by atoms with E-state index in [-0.39, 0.29) is 10.8 Å². The van der Waals surface area contributed by atoms with Gasteiger partial charge in [-0.15, -0.1) is 0 Å². The van der Waals surface area contributed by atoms with Crippen LogP contribution >= 0.6 is 0 Å². The Morgan fingerprint density at radius 1 is 0.469 bits per heavy atom. The molecule has 0 N–H and O–H groups in total. The fraction of sp³-hybridized carbons (Fsp3) is 0.483. The van der Waals surface area contributed by atoms with Crippen molar-refractivity contribution >= 4 is 0 Å². The summed E-state index contributed by atoms with van der Waals surface area (Å²) in [5.41, 5.74) is 9.62. The molecule has 0 aliphatic rings. The zero-order valence-electron chi connectivity index (χ0n) is 22.4. The van der Waals surface area contributed by atoms with Crippen LogP contribution in [0.2, 0.25) is 0 Å². The Bertz CT molecular complexity index is 906. The largest absolute Gasteiger partial charge is 0.258 e. The van der Waals surface area contributed by atoms with Gasteiger partial charge in [0.1, 0.15) is 0 Å². The highest BCUT2D eigenvalue weighted by Crippen LogP contribution is 2.26. The minimum absolute atomic E-state index is 0.131. The van der Waals surface area contributed by atoms with E-state index in [1.807, 2.05) is 45.9 Å². The van der Waals surface area contributed by atoms with E-state index in [2.05, 4.69) is 89.6 Å². The van der Waals surface area contributed by atoms with Crippen molar-refractivity contribution in [3.05, 3.63) is 87.8 Å². The predicted molar refractivity (Wildman–Crippen MR) is 139 cm³/mol. The number of rotatable bonds is 0. The minimum Gasteiger partial charge on any atom is -0.258 e. The fourth-order valence-corrected chi connectivity index (χ4v) is 3.16. The summed E-state index contributed by atoms with van der Waals surface area (Å²) in [4.78, 5) is 13.2. The predicted octanol–water partition coefficient (Wildman–Crippen LogP) is 7.69. The summed E-state index contributed by atoms with van der Waals surface area (Å²) >= 11 is 0. The van der Waals surface area contributed by atoms with E-state index in [9.17, 15) is 0 Å². The van der Waals surface area contributed by atoms with E-state index in [0.29, 0.717) is 0 Å². The summed E-state index contributed by atoms with van der Waals surface area (Å²) < 4.78 is 0. The molecule has 0 aromatic carbocycles. The molecule has 174 valence electrons. The second-order valence-corrected chi connectivity index (χ2v) is 10.8. The molecule has 0 bridgehead atoms. The van der Waals surface area contributed by atoms with E-state index in [0.717, 1.165) is 22.8 Å². The molecule has 3 heteroatoms. The molecule has 0 fully saturated rings. The molecule has 3 aromatic heterocycles. The molecule has 0 spiro atoms. The third-order valence-electron chi connectivity index (χ3n) is 4.76. The smallest absolute Gasteiger partial charge is 0.0463 e. The lowest BCUT2D eigenvalue weighted by Crippen LogP contribution is -2.20. The highest BCUT2D eigenvalue weighted by atomic mass is 14.7. The van der Waals surface area contributed by atoms with Crippen LogP contribution in [0.3, 0.4) is 0 Å². The SMILES string of the molecule is Cc1cc(C(C)(C)C)nc(C(C)(C)C)c1.Cc1cc(C)nc(C)c1.Cc1cccc(C)n1. The average Bonchev–Trinajstić information content (AvgIpc) is 2.59. The fourth-order valence-electron chi connectivity index (χ4n) is 3.16. The Morgan fingerprint density at radius 2 is 0.812 bits per heavy atom. The summed E-state index contributed by atoms with van der Waals surface area (Å²) in [7, 11) is 0. The number of hydrogen-bond acceptors (Lipinski definition) is 3. The highest BCUT2D eigenvalue weighted by molar-refractivity contribution is 5.27. The van der Waals surface area contributed by atoms with Gasteiger partial charge in [0.15, 0.2) is 0 Å². The highest BCUT2D eigenvalue weighted by Gasteiger charge is 2.21. The number of hydrogen-bond donors (Lipinski definition) is 0. The van der Waals surface area contributed by atoms with E-state index >= 15 is 0 Å². The molecule has 3 nitrogen and oxygen atoms in total. The first-order valence-electron chi connectivity index (χ1n) is 11.4. The van der Waals surface area contributed by atoms with Crippen LogP contribution in [0.1, 0.15) is 86.8 Å². The number of aryl methyl sites for hydroxylation is 6. The van der Waals surface area contributed by atoms with Crippen LogP contribution in [0.5, 0.6) is 0 Å². The van der Waals surface area contributed by atoms with E-state index in [4.69, 9.17) is 4.98 Å². The van der Waals surface area contributed by atoms with Crippen LogP contribution in [-0.4, -0.2) is 15.0 Å². The van der Waals surface area contributed by atoms with Crippen molar-refractivity contribution in [3.63, 3.8) is 0 Å². The second kappa shape index (κ2) is 11.4. The molecule has 3 aromatic rings. The molecular formula is C29H43N3. The van der Waals surface area contributed by atoms with Crippen molar-refractivity contribution in [2.75, 3.05) is 0 Å². The molecule has 3 heterocycles. The van der Waals surface area contributed by atoms with Crippen molar-refractivity contribution in [2.24, 2.45) is 0 Å². The van der Waals surface area contributed by atoms with Crippen molar-refractivity contribution in [2.45, 2.75) is 93.9 Å². The Labute approximate surface area is 196 Å². The van der Waals surface area contributed by atoms with Gasteiger partial charge in [-0.2, -0.15) is 0 Å². The summed E-state index contributed by atoms with van der Waals surface area (Å²) in [6, 6.07) is 14.5. The molecule has 0 radical (unpaired) electrons. The third-order valence-corrected chi connectivity index (χ3v) is 4.76. The van der Waals surface area contributed by atoms with Gasteiger partial charge >= 0.3 is 0 Å². The number of nitrogens with zero attached hydrogens (tertiary/aromatic N) is 3. The first kappa shape index (κ1) is 27.5. The first-order valence-corrected chi connectivity index (χ1v) is 11.4. The van der Waals surface area contributed by atoms with Gasteiger partial charge in [-0.3, -0.25) is 15.0 Å². The van der Waals surface area contributed by atoms with Crippen molar-refractivity contribution in [1.82, 2.24) is 15.0 Å². The molecule has 0 saturated carbocycles. The van der Waals surface area contributed by atoms with E-state index < -0.39 is 0 Å². The molecule has 0 saturated heterocycles. The Hall–Kier alpha value is -2.55. The Balaban J connectivity index is 0.000000257.